The third-order valence-corrected chi connectivity index (χ3v) is 4.33. The Kier molecular flexibility index (Phi) is 5.54. The molecule has 1 atom stereocenters. The molecule has 0 spiro atoms. The fourth-order valence-corrected chi connectivity index (χ4v) is 2.91. The molecule has 128 valence electrons. The number of ether oxygens (including phenoxy) is 1. The average molecular weight is 328 g/mol. The van der Waals surface area contributed by atoms with Crippen LogP contribution in [0, 0.1) is 0 Å². The highest BCUT2D eigenvalue weighted by Crippen LogP contribution is 2.22. The van der Waals surface area contributed by atoms with Crippen LogP contribution in [0.4, 0.5) is 10.5 Å². The first-order valence-corrected chi connectivity index (χ1v) is 8.50. The Morgan fingerprint density at radius 1 is 1.29 bits per heavy atom. The van der Waals surface area contributed by atoms with Crippen molar-refractivity contribution in [2.45, 2.75) is 31.8 Å². The molecule has 1 aromatic carbocycles. The van der Waals surface area contributed by atoms with Crippen molar-refractivity contribution >= 4 is 11.7 Å². The van der Waals surface area contributed by atoms with Crippen LogP contribution in [0.15, 0.2) is 47.1 Å². The number of hydrogen-bond donors (Lipinski definition) is 1. The van der Waals surface area contributed by atoms with Crippen LogP contribution < -0.4 is 5.32 Å². The Morgan fingerprint density at radius 3 is 2.79 bits per heavy atom. The van der Waals surface area contributed by atoms with E-state index in [0.29, 0.717) is 6.10 Å². The van der Waals surface area contributed by atoms with Crippen molar-refractivity contribution in [3.05, 3.63) is 42.7 Å². The second-order valence-corrected chi connectivity index (χ2v) is 6.18. The summed E-state index contributed by atoms with van der Waals surface area (Å²) >= 11 is 0. The minimum atomic E-state index is -0.0897. The zero-order valence-electron chi connectivity index (χ0n) is 14.0. The van der Waals surface area contributed by atoms with Crippen molar-refractivity contribution < 1.29 is 13.9 Å². The molecule has 0 aliphatic carbocycles. The van der Waals surface area contributed by atoms with Gasteiger partial charge in [-0.2, -0.15) is 0 Å². The van der Waals surface area contributed by atoms with Crippen molar-refractivity contribution in [1.82, 2.24) is 4.90 Å². The van der Waals surface area contributed by atoms with Crippen LogP contribution in [0.5, 0.6) is 0 Å². The molecule has 0 radical (unpaired) electrons. The third-order valence-electron chi connectivity index (χ3n) is 4.33. The number of anilines is 1. The summed E-state index contributed by atoms with van der Waals surface area (Å²) in [5.41, 5.74) is 1.77. The van der Waals surface area contributed by atoms with Gasteiger partial charge in [-0.1, -0.05) is 0 Å². The third kappa shape index (κ3) is 4.38. The summed E-state index contributed by atoms with van der Waals surface area (Å²) in [7, 11) is 1.82. The topological polar surface area (TPSA) is 54.7 Å². The average Bonchev–Trinajstić information content (AvgIpc) is 3.29. The van der Waals surface area contributed by atoms with E-state index in [1.54, 1.807) is 11.2 Å². The predicted molar refractivity (Wildman–Crippen MR) is 94.0 cm³/mol. The maximum atomic E-state index is 12.2. The minimum Gasteiger partial charge on any atom is -0.464 e. The number of carbonyl (C=O) groups is 1. The van der Waals surface area contributed by atoms with Gasteiger partial charge in [-0.05, 0) is 62.1 Å². The Morgan fingerprint density at radius 2 is 2.12 bits per heavy atom. The molecule has 0 saturated carbocycles. The lowest BCUT2D eigenvalue weighted by molar-refractivity contribution is 0.101. The summed E-state index contributed by atoms with van der Waals surface area (Å²) < 4.78 is 11.0. The first kappa shape index (κ1) is 16.6. The number of carbonyl (C=O) groups excluding carboxylic acids is 1. The van der Waals surface area contributed by atoms with Crippen LogP contribution in [0.25, 0.3) is 11.3 Å². The lowest BCUT2D eigenvalue weighted by Gasteiger charge is -2.19. The van der Waals surface area contributed by atoms with Gasteiger partial charge in [0.05, 0.1) is 12.4 Å². The van der Waals surface area contributed by atoms with E-state index in [1.165, 1.54) is 0 Å². The Labute approximate surface area is 142 Å². The molecule has 1 aliphatic heterocycles. The fraction of sp³-hybridized carbons (Fsp3) is 0.421. The van der Waals surface area contributed by atoms with Crippen LogP contribution in [0.2, 0.25) is 0 Å². The summed E-state index contributed by atoms with van der Waals surface area (Å²) in [6.07, 6.45) is 6.33. The summed E-state index contributed by atoms with van der Waals surface area (Å²) in [4.78, 5) is 13.9. The van der Waals surface area contributed by atoms with Crippen molar-refractivity contribution in [2.24, 2.45) is 0 Å². The van der Waals surface area contributed by atoms with Gasteiger partial charge in [-0.3, -0.25) is 0 Å². The van der Waals surface area contributed by atoms with E-state index in [-0.39, 0.29) is 6.03 Å². The number of nitrogens with one attached hydrogen (secondary N) is 1. The minimum absolute atomic E-state index is 0.0897. The Hall–Kier alpha value is -2.27. The fourth-order valence-electron chi connectivity index (χ4n) is 2.91. The molecule has 1 N–H and O–H groups in total. The van der Waals surface area contributed by atoms with Crippen LogP contribution >= 0.6 is 0 Å². The number of hydrogen-bond acceptors (Lipinski definition) is 3. The van der Waals surface area contributed by atoms with Gasteiger partial charge >= 0.3 is 6.03 Å². The van der Waals surface area contributed by atoms with E-state index < -0.39 is 0 Å². The molecular formula is C19H24N2O3. The van der Waals surface area contributed by atoms with Gasteiger partial charge in [-0.25, -0.2) is 4.79 Å². The van der Waals surface area contributed by atoms with E-state index in [1.807, 2.05) is 43.4 Å². The van der Waals surface area contributed by atoms with Gasteiger partial charge in [0.2, 0.25) is 0 Å². The maximum Gasteiger partial charge on any atom is 0.321 e. The van der Waals surface area contributed by atoms with Crippen LogP contribution in [-0.4, -0.2) is 37.2 Å². The van der Waals surface area contributed by atoms with Crippen molar-refractivity contribution in [2.75, 3.05) is 25.5 Å². The highest BCUT2D eigenvalue weighted by molar-refractivity contribution is 5.89. The lowest BCUT2D eigenvalue weighted by Crippen LogP contribution is -2.32. The van der Waals surface area contributed by atoms with E-state index in [4.69, 9.17) is 9.15 Å². The monoisotopic (exact) mass is 328 g/mol. The first-order valence-electron chi connectivity index (χ1n) is 8.50. The molecule has 1 fully saturated rings. The second-order valence-electron chi connectivity index (χ2n) is 6.18. The van der Waals surface area contributed by atoms with Gasteiger partial charge in [0.1, 0.15) is 5.76 Å². The quantitative estimate of drug-likeness (QED) is 0.856. The van der Waals surface area contributed by atoms with Crippen molar-refractivity contribution in [3.8, 4) is 11.3 Å². The van der Waals surface area contributed by atoms with Crippen LogP contribution in [0.1, 0.15) is 25.7 Å². The molecule has 2 heterocycles. The number of benzene rings is 1. The summed E-state index contributed by atoms with van der Waals surface area (Å²) in [6.45, 7) is 1.62. The number of nitrogens with zero attached hydrogens (tertiary/aromatic N) is 1. The van der Waals surface area contributed by atoms with E-state index >= 15 is 0 Å². The molecular weight excluding hydrogens is 304 g/mol. The maximum absolute atomic E-state index is 12.2. The van der Waals surface area contributed by atoms with E-state index in [0.717, 1.165) is 55.8 Å². The van der Waals surface area contributed by atoms with Gasteiger partial charge in [0.15, 0.2) is 0 Å². The number of rotatable bonds is 6. The molecule has 24 heavy (non-hydrogen) atoms. The zero-order valence-corrected chi connectivity index (χ0v) is 14.0. The van der Waals surface area contributed by atoms with Gasteiger partial charge in [-0.15, -0.1) is 0 Å². The largest absolute Gasteiger partial charge is 0.464 e. The molecule has 1 unspecified atom stereocenters. The molecule has 1 saturated heterocycles. The molecule has 0 bridgehead atoms. The summed E-state index contributed by atoms with van der Waals surface area (Å²) in [6, 6.07) is 11.3. The Balaban J connectivity index is 1.45. The molecule has 5 heteroatoms. The number of amides is 2. The Bertz CT molecular complexity index is 631. The molecule has 1 aromatic heterocycles. The highest BCUT2D eigenvalue weighted by atomic mass is 16.5. The molecule has 3 rings (SSSR count). The van der Waals surface area contributed by atoms with E-state index in [2.05, 4.69) is 5.32 Å². The smallest absolute Gasteiger partial charge is 0.321 e. The van der Waals surface area contributed by atoms with Crippen molar-refractivity contribution in [3.63, 3.8) is 0 Å². The van der Waals surface area contributed by atoms with E-state index in [9.17, 15) is 4.79 Å². The van der Waals surface area contributed by atoms with Crippen LogP contribution in [0.3, 0.4) is 0 Å². The molecule has 1 aliphatic rings. The van der Waals surface area contributed by atoms with Gasteiger partial charge < -0.3 is 19.4 Å². The SMILES string of the molecule is CN(CCCC1CCCO1)C(=O)Nc1ccc(-c2ccco2)cc1. The van der Waals surface area contributed by atoms with Gasteiger partial charge in [0, 0.05) is 31.5 Å². The van der Waals surface area contributed by atoms with Crippen LogP contribution in [-0.2, 0) is 4.74 Å². The van der Waals surface area contributed by atoms with Crippen molar-refractivity contribution in [1.29, 1.82) is 0 Å². The predicted octanol–water partition coefficient (Wildman–Crippen LogP) is 4.37. The molecule has 5 nitrogen and oxygen atoms in total. The first-order chi connectivity index (χ1) is 11.7. The normalized spacial score (nSPS) is 17.0. The highest BCUT2D eigenvalue weighted by Gasteiger charge is 2.16. The summed E-state index contributed by atoms with van der Waals surface area (Å²) in [5, 5.41) is 2.92. The molecule has 2 aromatic rings. The molecule has 2 amide bonds. The number of urea groups is 1. The second kappa shape index (κ2) is 8.02. The lowest BCUT2D eigenvalue weighted by atomic mass is 10.1. The zero-order chi connectivity index (χ0) is 16.8. The number of furan rings is 1. The van der Waals surface area contributed by atoms with Gasteiger partial charge in [0.25, 0.3) is 0 Å². The summed E-state index contributed by atoms with van der Waals surface area (Å²) in [5.74, 6) is 0.819. The standard InChI is InChI=1S/C19H24N2O3/c1-21(12-2-5-17-6-3-13-23-17)19(22)20-16-10-8-15(9-11-16)18-7-4-14-24-18/h4,7-11,14,17H,2-3,5-6,12-13H2,1H3,(H,20,22).